The summed E-state index contributed by atoms with van der Waals surface area (Å²) in [5.41, 5.74) is 0. The fraction of sp³-hybridized carbons (Fsp3) is 0.769. The molecule has 0 unspecified atom stereocenters. The largest absolute Gasteiger partial charge is 0.354 e. The van der Waals surface area contributed by atoms with Crippen LogP contribution < -0.4 is 10.6 Å². The first-order valence-corrected chi connectivity index (χ1v) is 7.17. The number of hydrogen-bond donors (Lipinski definition) is 2. The first-order valence-electron chi connectivity index (χ1n) is 7.17. The molecule has 1 aliphatic rings. The van der Waals surface area contributed by atoms with E-state index in [2.05, 4.69) is 32.7 Å². The van der Waals surface area contributed by atoms with Gasteiger partial charge in [-0.15, -0.1) is 10.2 Å². The second-order valence-corrected chi connectivity index (χ2v) is 4.94. The number of aryl methyl sites for hydroxylation is 1. The van der Waals surface area contributed by atoms with Crippen molar-refractivity contribution < 1.29 is 0 Å². The summed E-state index contributed by atoms with van der Waals surface area (Å²) < 4.78 is 2.03. The molecule has 1 aromatic heterocycles. The predicted molar refractivity (Wildman–Crippen MR) is 75.9 cm³/mol. The molecule has 0 atom stereocenters. The summed E-state index contributed by atoms with van der Waals surface area (Å²) >= 11 is 0. The van der Waals surface area contributed by atoms with E-state index in [4.69, 9.17) is 0 Å². The van der Waals surface area contributed by atoms with Crippen molar-refractivity contribution in [3.05, 3.63) is 12.2 Å². The molecule has 0 amide bonds. The minimum absolute atomic E-state index is 0.559. The molecule has 6 heteroatoms. The zero-order valence-corrected chi connectivity index (χ0v) is 11.9. The lowest BCUT2D eigenvalue weighted by atomic mass is 9.96. The summed E-state index contributed by atoms with van der Waals surface area (Å²) in [5.74, 6) is 1.80. The van der Waals surface area contributed by atoms with Gasteiger partial charge >= 0.3 is 0 Å². The molecule has 19 heavy (non-hydrogen) atoms. The molecule has 0 aromatic carbocycles. The van der Waals surface area contributed by atoms with Crippen molar-refractivity contribution in [2.24, 2.45) is 4.99 Å². The maximum absolute atomic E-state index is 4.27. The number of guanidine groups is 1. The highest BCUT2D eigenvalue weighted by atomic mass is 15.3. The van der Waals surface area contributed by atoms with Crippen molar-refractivity contribution in [3.8, 4) is 0 Å². The van der Waals surface area contributed by atoms with Crippen LogP contribution in [0.1, 0.15) is 44.9 Å². The first-order chi connectivity index (χ1) is 9.33. The topological polar surface area (TPSA) is 67.1 Å². The van der Waals surface area contributed by atoms with Gasteiger partial charge in [0.2, 0.25) is 0 Å². The second kappa shape index (κ2) is 7.11. The van der Waals surface area contributed by atoms with E-state index in [1.165, 1.54) is 32.1 Å². The van der Waals surface area contributed by atoms with Crippen LogP contribution in [-0.4, -0.2) is 33.8 Å². The van der Waals surface area contributed by atoms with Crippen LogP contribution in [0.3, 0.4) is 0 Å². The van der Waals surface area contributed by atoms with Crippen molar-refractivity contribution in [1.82, 2.24) is 25.4 Å². The third-order valence-corrected chi connectivity index (χ3v) is 3.62. The summed E-state index contributed by atoms with van der Waals surface area (Å²) in [7, 11) is 1.81. The molecule has 0 radical (unpaired) electrons. The van der Waals surface area contributed by atoms with Crippen molar-refractivity contribution in [3.63, 3.8) is 0 Å². The van der Waals surface area contributed by atoms with Crippen molar-refractivity contribution >= 4 is 5.96 Å². The second-order valence-electron chi connectivity index (χ2n) is 4.94. The molecule has 1 saturated carbocycles. The molecule has 1 aromatic rings. The van der Waals surface area contributed by atoms with E-state index >= 15 is 0 Å². The fourth-order valence-electron chi connectivity index (χ4n) is 2.48. The van der Waals surface area contributed by atoms with Crippen LogP contribution in [0.4, 0.5) is 0 Å². The van der Waals surface area contributed by atoms with E-state index in [-0.39, 0.29) is 0 Å². The van der Waals surface area contributed by atoms with Crippen molar-refractivity contribution in [2.75, 3.05) is 7.05 Å². The molecule has 0 bridgehead atoms. The smallest absolute Gasteiger partial charge is 0.191 e. The molecule has 6 nitrogen and oxygen atoms in total. The van der Waals surface area contributed by atoms with Gasteiger partial charge in [-0.1, -0.05) is 19.3 Å². The number of aliphatic imine (C=N–C) groups is 1. The highest BCUT2D eigenvalue weighted by molar-refractivity contribution is 5.79. The number of nitrogens with zero attached hydrogens (tertiary/aromatic N) is 4. The lowest BCUT2D eigenvalue weighted by Gasteiger charge is -2.24. The lowest BCUT2D eigenvalue weighted by Crippen LogP contribution is -2.44. The van der Waals surface area contributed by atoms with Crippen LogP contribution >= 0.6 is 0 Å². The van der Waals surface area contributed by atoms with E-state index in [9.17, 15) is 0 Å². The molecule has 2 N–H and O–H groups in total. The molecular formula is C13H24N6. The van der Waals surface area contributed by atoms with Gasteiger partial charge in [-0.25, -0.2) is 0 Å². The van der Waals surface area contributed by atoms with Gasteiger partial charge in [-0.2, -0.15) is 0 Å². The number of rotatable bonds is 4. The number of hydrogen-bond acceptors (Lipinski definition) is 3. The van der Waals surface area contributed by atoms with E-state index in [1.54, 1.807) is 6.33 Å². The molecule has 0 spiro atoms. The van der Waals surface area contributed by atoms with E-state index in [0.29, 0.717) is 12.6 Å². The molecule has 2 rings (SSSR count). The summed E-state index contributed by atoms with van der Waals surface area (Å²) in [4.78, 5) is 4.27. The van der Waals surface area contributed by atoms with Crippen LogP contribution in [0.2, 0.25) is 0 Å². The Balaban J connectivity index is 1.82. The number of aromatic nitrogens is 3. The maximum Gasteiger partial charge on any atom is 0.191 e. The zero-order chi connectivity index (χ0) is 13.5. The first kappa shape index (κ1) is 13.8. The standard InChI is InChI=1S/C13H24N6/c1-3-19-10-16-18-12(19)9-15-13(14-2)17-11-7-5-4-6-8-11/h10-11H,3-9H2,1-2H3,(H2,14,15,17). The average Bonchev–Trinajstić information content (AvgIpc) is 2.92. The van der Waals surface area contributed by atoms with E-state index in [1.807, 2.05) is 11.6 Å². The fourth-order valence-corrected chi connectivity index (χ4v) is 2.48. The third-order valence-electron chi connectivity index (χ3n) is 3.62. The van der Waals surface area contributed by atoms with Crippen LogP contribution in [-0.2, 0) is 13.1 Å². The molecule has 106 valence electrons. The van der Waals surface area contributed by atoms with Gasteiger partial charge in [0.05, 0.1) is 6.54 Å². The Labute approximate surface area is 114 Å². The Morgan fingerprint density at radius 3 is 2.89 bits per heavy atom. The minimum Gasteiger partial charge on any atom is -0.354 e. The normalized spacial score (nSPS) is 17.5. The average molecular weight is 264 g/mol. The summed E-state index contributed by atoms with van der Waals surface area (Å²) in [6.07, 6.45) is 8.24. The number of nitrogens with one attached hydrogen (secondary N) is 2. The molecule has 1 fully saturated rings. The molecule has 0 aliphatic heterocycles. The molecule has 1 aliphatic carbocycles. The summed E-state index contributed by atoms with van der Waals surface area (Å²) in [6, 6.07) is 0.559. The Bertz CT molecular complexity index is 405. The SMILES string of the molecule is CCn1cnnc1CNC(=NC)NC1CCCCC1. The van der Waals surface area contributed by atoms with Gasteiger partial charge < -0.3 is 15.2 Å². The predicted octanol–water partition coefficient (Wildman–Crippen LogP) is 1.30. The highest BCUT2D eigenvalue weighted by Gasteiger charge is 2.14. The van der Waals surface area contributed by atoms with Crippen molar-refractivity contribution in [2.45, 2.75) is 58.2 Å². The van der Waals surface area contributed by atoms with Crippen LogP contribution in [0, 0.1) is 0 Å². The maximum atomic E-state index is 4.27. The highest BCUT2D eigenvalue weighted by Crippen LogP contribution is 2.17. The van der Waals surface area contributed by atoms with Gasteiger partial charge in [0.1, 0.15) is 6.33 Å². The third kappa shape index (κ3) is 3.94. The summed E-state index contributed by atoms with van der Waals surface area (Å²) in [6.45, 7) is 3.63. The molecular weight excluding hydrogens is 240 g/mol. The van der Waals surface area contributed by atoms with E-state index in [0.717, 1.165) is 18.3 Å². The van der Waals surface area contributed by atoms with Gasteiger partial charge in [0.15, 0.2) is 11.8 Å². The Morgan fingerprint density at radius 1 is 1.42 bits per heavy atom. The van der Waals surface area contributed by atoms with Crippen LogP contribution in [0.15, 0.2) is 11.3 Å². The van der Waals surface area contributed by atoms with Gasteiger partial charge in [0, 0.05) is 19.6 Å². The molecule has 0 saturated heterocycles. The Kier molecular flexibility index (Phi) is 5.18. The quantitative estimate of drug-likeness (QED) is 0.635. The molecule has 1 heterocycles. The van der Waals surface area contributed by atoms with Crippen LogP contribution in [0.25, 0.3) is 0 Å². The van der Waals surface area contributed by atoms with Crippen molar-refractivity contribution in [1.29, 1.82) is 0 Å². The minimum atomic E-state index is 0.559. The van der Waals surface area contributed by atoms with Gasteiger partial charge in [-0.05, 0) is 19.8 Å². The zero-order valence-electron chi connectivity index (χ0n) is 11.9. The Hall–Kier alpha value is -1.59. The van der Waals surface area contributed by atoms with Gasteiger partial charge in [-0.3, -0.25) is 4.99 Å². The van der Waals surface area contributed by atoms with Gasteiger partial charge in [0.25, 0.3) is 0 Å². The lowest BCUT2D eigenvalue weighted by molar-refractivity contribution is 0.409. The Morgan fingerprint density at radius 2 is 2.21 bits per heavy atom. The van der Waals surface area contributed by atoms with Crippen LogP contribution in [0.5, 0.6) is 0 Å². The summed E-state index contributed by atoms with van der Waals surface area (Å²) in [5, 5.41) is 14.8. The van der Waals surface area contributed by atoms with E-state index < -0.39 is 0 Å². The monoisotopic (exact) mass is 264 g/mol.